The molecule has 3 atom stereocenters. The fraction of sp³-hybridized carbons (Fsp3) is 0.636. The average molecular weight is 299 g/mol. The molecule has 3 unspecified atom stereocenters. The Morgan fingerprint density at radius 2 is 1.91 bits per heavy atom. The molecular weight excluding hydrogens is 264 g/mol. The molecule has 0 N–H and O–H groups in total. The SMILES string of the molecule is CCC(C)CC1CC=C(C(C)CCCc2ccccc2)CC1. The summed E-state index contributed by atoms with van der Waals surface area (Å²) in [6, 6.07) is 10.9. The number of benzene rings is 1. The van der Waals surface area contributed by atoms with Gasteiger partial charge in [-0.25, -0.2) is 0 Å². The van der Waals surface area contributed by atoms with Crippen LogP contribution >= 0.6 is 0 Å². The largest absolute Gasteiger partial charge is 0.0848 e. The van der Waals surface area contributed by atoms with Crippen molar-refractivity contribution < 1.29 is 0 Å². The predicted molar refractivity (Wildman–Crippen MR) is 98.0 cm³/mol. The molecule has 1 aromatic carbocycles. The molecule has 0 aliphatic heterocycles. The average Bonchev–Trinajstić information content (AvgIpc) is 2.56. The second kappa shape index (κ2) is 9.18. The molecule has 0 saturated carbocycles. The van der Waals surface area contributed by atoms with Gasteiger partial charge in [0.2, 0.25) is 0 Å². The number of hydrogen-bond donors (Lipinski definition) is 0. The van der Waals surface area contributed by atoms with Crippen molar-refractivity contribution in [1.82, 2.24) is 0 Å². The van der Waals surface area contributed by atoms with Crippen molar-refractivity contribution in [3.05, 3.63) is 47.5 Å². The van der Waals surface area contributed by atoms with E-state index in [9.17, 15) is 0 Å². The molecule has 0 aromatic heterocycles. The zero-order valence-corrected chi connectivity index (χ0v) is 14.9. The maximum Gasteiger partial charge on any atom is -0.0232 e. The highest BCUT2D eigenvalue weighted by atomic mass is 14.2. The highest BCUT2D eigenvalue weighted by Gasteiger charge is 2.19. The summed E-state index contributed by atoms with van der Waals surface area (Å²) in [6.07, 6.45) is 13.4. The summed E-state index contributed by atoms with van der Waals surface area (Å²) in [5.41, 5.74) is 3.23. The van der Waals surface area contributed by atoms with Crippen LogP contribution in [-0.2, 0) is 6.42 Å². The Bertz CT molecular complexity index is 442. The molecule has 0 spiro atoms. The summed E-state index contributed by atoms with van der Waals surface area (Å²) in [7, 11) is 0. The highest BCUT2D eigenvalue weighted by Crippen LogP contribution is 2.33. The van der Waals surface area contributed by atoms with E-state index in [4.69, 9.17) is 0 Å². The van der Waals surface area contributed by atoms with E-state index < -0.39 is 0 Å². The van der Waals surface area contributed by atoms with Gasteiger partial charge in [0.25, 0.3) is 0 Å². The van der Waals surface area contributed by atoms with Gasteiger partial charge >= 0.3 is 0 Å². The Kier molecular flexibility index (Phi) is 7.22. The summed E-state index contributed by atoms with van der Waals surface area (Å²) in [5.74, 6) is 2.65. The van der Waals surface area contributed by atoms with Gasteiger partial charge < -0.3 is 0 Å². The molecule has 0 fully saturated rings. The van der Waals surface area contributed by atoms with Crippen LogP contribution in [0.15, 0.2) is 42.0 Å². The summed E-state index contributed by atoms with van der Waals surface area (Å²) >= 11 is 0. The maximum absolute atomic E-state index is 2.59. The second-order valence-corrected chi connectivity index (χ2v) is 7.45. The van der Waals surface area contributed by atoms with Gasteiger partial charge in [-0.1, -0.05) is 69.2 Å². The van der Waals surface area contributed by atoms with E-state index in [0.717, 1.165) is 17.8 Å². The number of rotatable bonds is 8. The monoisotopic (exact) mass is 298 g/mol. The van der Waals surface area contributed by atoms with Gasteiger partial charge in [0.05, 0.1) is 0 Å². The lowest BCUT2D eigenvalue weighted by Crippen LogP contribution is -2.12. The van der Waals surface area contributed by atoms with Gasteiger partial charge in [-0.05, 0) is 68.3 Å². The molecule has 22 heavy (non-hydrogen) atoms. The summed E-state index contributed by atoms with van der Waals surface area (Å²) in [5, 5.41) is 0. The van der Waals surface area contributed by atoms with E-state index in [2.05, 4.69) is 57.2 Å². The van der Waals surface area contributed by atoms with Crippen LogP contribution in [0.5, 0.6) is 0 Å². The highest BCUT2D eigenvalue weighted by molar-refractivity contribution is 5.15. The molecular formula is C22H34. The minimum Gasteiger partial charge on any atom is -0.0848 e. The third-order valence-electron chi connectivity index (χ3n) is 5.57. The van der Waals surface area contributed by atoms with E-state index in [1.165, 1.54) is 56.9 Å². The van der Waals surface area contributed by atoms with Crippen molar-refractivity contribution in [3.8, 4) is 0 Å². The van der Waals surface area contributed by atoms with Crippen molar-refractivity contribution in [1.29, 1.82) is 0 Å². The van der Waals surface area contributed by atoms with Crippen molar-refractivity contribution in [2.75, 3.05) is 0 Å². The molecule has 1 aliphatic carbocycles. The van der Waals surface area contributed by atoms with E-state index in [0.29, 0.717) is 0 Å². The Balaban J connectivity index is 1.71. The third-order valence-corrected chi connectivity index (χ3v) is 5.57. The fourth-order valence-corrected chi connectivity index (χ4v) is 3.75. The third kappa shape index (κ3) is 5.63. The Morgan fingerprint density at radius 3 is 2.55 bits per heavy atom. The Labute approximate surface area is 138 Å². The van der Waals surface area contributed by atoms with Crippen LogP contribution in [-0.4, -0.2) is 0 Å². The Morgan fingerprint density at radius 1 is 1.14 bits per heavy atom. The van der Waals surface area contributed by atoms with Crippen LogP contribution < -0.4 is 0 Å². The van der Waals surface area contributed by atoms with Crippen molar-refractivity contribution >= 4 is 0 Å². The molecule has 0 amide bonds. The van der Waals surface area contributed by atoms with Gasteiger partial charge in [-0.3, -0.25) is 0 Å². The summed E-state index contributed by atoms with van der Waals surface area (Å²) in [6.45, 7) is 7.17. The first-order valence-corrected chi connectivity index (χ1v) is 9.41. The lowest BCUT2D eigenvalue weighted by atomic mass is 9.79. The van der Waals surface area contributed by atoms with Crippen LogP contribution in [0.25, 0.3) is 0 Å². The van der Waals surface area contributed by atoms with Gasteiger partial charge in [-0.15, -0.1) is 0 Å². The quantitative estimate of drug-likeness (QED) is 0.462. The van der Waals surface area contributed by atoms with Crippen molar-refractivity contribution in [2.45, 2.75) is 72.1 Å². The molecule has 0 bridgehead atoms. The van der Waals surface area contributed by atoms with Gasteiger partial charge in [-0.2, -0.15) is 0 Å². The molecule has 0 nitrogen and oxygen atoms in total. The number of hydrogen-bond acceptors (Lipinski definition) is 0. The van der Waals surface area contributed by atoms with Crippen LogP contribution in [0.4, 0.5) is 0 Å². The lowest BCUT2D eigenvalue weighted by molar-refractivity contribution is 0.347. The molecule has 2 rings (SSSR count). The fourth-order valence-electron chi connectivity index (χ4n) is 3.75. The minimum absolute atomic E-state index is 0.785. The topological polar surface area (TPSA) is 0 Å². The van der Waals surface area contributed by atoms with Crippen molar-refractivity contribution in [3.63, 3.8) is 0 Å². The molecule has 0 saturated heterocycles. The smallest absolute Gasteiger partial charge is 0.0232 e. The molecule has 0 heterocycles. The van der Waals surface area contributed by atoms with Crippen LogP contribution in [0.2, 0.25) is 0 Å². The minimum atomic E-state index is 0.785. The molecule has 1 aliphatic rings. The number of allylic oxidation sites excluding steroid dienone is 2. The van der Waals surface area contributed by atoms with E-state index in [1.54, 1.807) is 5.57 Å². The van der Waals surface area contributed by atoms with E-state index >= 15 is 0 Å². The van der Waals surface area contributed by atoms with Gasteiger partial charge in [0.15, 0.2) is 0 Å². The molecule has 0 heteroatoms. The standard InChI is InChI=1S/C22H34/c1-4-18(2)17-21-13-15-22(16-14-21)19(3)9-8-12-20-10-6-5-7-11-20/h5-7,10-11,15,18-19,21H,4,8-9,12-14,16-17H2,1-3H3. The van der Waals surface area contributed by atoms with Crippen LogP contribution in [0, 0.1) is 17.8 Å². The zero-order valence-electron chi connectivity index (χ0n) is 14.9. The number of aryl methyl sites for hydroxylation is 1. The van der Waals surface area contributed by atoms with Crippen molar-refractivity contribution in [2.24, 2.45) is 17.8 Å². The van der Waals surface area contributed by atoms with Crippen LogP contribution in [0.3, 0.4) is 0 Å². The second-order valence-electron chi connectivity index (χ2n) is 7.45. The van der Waals surface area contributed by atoms with Gasteiger partial charge in [0.1, 0.15) is 0 Å². The molecule has 1 aromatic rings. The molecule has 0 radical (unpaired) electrons. The predicted octanol–water partition coefficient (Wildman–Crippen LogP) is 6.81. The Hall–Kier alpha value is -1.04. The van der Waals surface area contributed by atoms with E-state index in [1.807, 2.05) is 0 Å². The van der Waals surface area contributed by atoms with E-state index in [-0.39, 0.29) is 0 Å². The van der Waals surface area contributed by atoms with Crippen LogP contribution in [0.1, 0.15) is 71.3 Å². The summed E-state index contributed by atoms with van der Waals surface area (Å²) in [4.78, 5) is 0. The zero-order chi connectivity index (χ0) is 15.8. The van der Waals surface area contributed by atoms with Gasteiger partial charge in [0, 0.05) is 0 Å². The summed E-state index contributed by atoms with van der Waals surface area (Å²) < 4.78 is 0. The first-order valence-electron chi connectivity index (χ1n) is 9.41. The first-order chi connectivity index (χ1) is 10.7. The first kappa shape index (κ1) is 17.3. The lowest BCUT2D eigenvalue weighted by Gasteiger charge is -2.27. The molecule has 122 valence electrons. The normalized spacial score (nSPS) is 21.2. The maximum atomic E-state index is 2.59.